The summed E-state index contributed by atoms with van der Waals surface area (Å²) in [4.78, 5) is 10.9. The van der Waals surface area contributed by atoms with Crippen LogP contribution in [0.4, 0.5) is 13.2 Å². The lowest BCUT2D eigenvalue weighted by molar-refractivity contribution is -0.203. The molecule has 0 aromatic carbocycles. The molecule has 0 spiro atoms. The molecule has 5 nitrogen and oxygen atoms in total. The highest BCUT2D eigenvalue weighted by atomic mass is 19.4. The van der Waals surface area contributed by atoms with E-state index in [0.29, 0.717) is 0 Å². The van der Waals surface area contributed by atoms with E-state index in [1.165, 1.54) is 0 Å². The highest BCUT2D eigenvalue weighted by Gasteiger charge is 2.50. The Bertz CT molecular complexity index is 297. The van der Waals surface area contributed by atoms with Gasteiger partial charge in [0.15, 0.2) is 0 Å². The number of nitrogens with two attached hydrogens (primary N) is 1. The van der Waals surface area contributed by atoms with E-state index < -0.39 is 30.3 Å². The Balaban J connectivity index is 2.63. The molecule has 1 rings (SSSR count). The number of rotatable bonds is 4. The van der Waals surface area contributed by atoms with Gasteiger partial charge in [0, 0.05) is 6.04 Å². The highest BCUT2D eigenvalue weighted by Crippen LogP contribution is 2.35. The van der Waals surface area contributed by atoms with Crippen molar-refractivity contribution in [2.24, 2.45) is 11.7 Å². The topological polar surface area (TPSA) is 84.6 Å². The summed E-state index contributed by atoms with van der Waals surface area (Å²) in [6, 6.07) is -1.92. The Morgan fingerprint density at radius 2 is 2.17 bits per heavy atom. The van der Waals surface area contributed by atoms with Gasteiger partial charge in [-0.25, -0.2) is 0 Å². The van der Waals surface area contributed by atoms with Crippen LogP contribution in [0.3, 0.4) is 0 Å². The number of aliphatic carboxylic acids is 1. The molecule has 0 radical (unpaired) electrons. The quantitative estimate of drug-likeness (QED) is 0.700. The van der Waals surface area contributed by atoms with Gasteiger partial charge in [-0.15, -0.1) is 0 Å². The average Bonchev–Trinajstić information content (AvgIpc) is 2.24. The van der Waals surface area contributed by atoms with Crippen LogP contribution in [0.25, 0.3) is 0 Å². The molecule has 1 aliphatic heterocycles. The first-order valence-electron chi connectivity index (χ1n) is 5.64. The molecule has 0 aromatic heterocycles. The van der Waals surface area contributed by atoms with E-state index in [-0.39, 0.29) is 25.5 Å². The summed E-state index contributed by atoms with van der Waals surface area (Å²) in [5, 5.41) is 11.2. The number of ether oxygens (including phenoxy) is 1. The summed E-state index contributed by atoms with van der Waals surface area (Å²) in [6.45, 7) is 1.86. The molecule has 4 atom stereocenters. The summed E-state index contributed by atoms with van der Waals surface area (Å²) in [7, 11) is 0. The van der Waals surface area contributed by atoms with Crippen molar-refractivity contribution in [1.82, 2.24) is 5.32 Å². The second-order valence-electron chi connectivity index (χ2n) is 4.51. The number of carboxylic acids is 1. The second kappa shape index (κ2) is 5.85. The number of carbonyl (C=O) groups is 1. The first-order chi connectivity index (χ1) is 8.21. The summed E-state index contributed by atoms with van der Waals surface area (Å²) in [5.74, 6) is -3.41. The first-order valence-corrected chi connectivity index (χ1v) is 5.64. The fourth-order valence-electron chi connectivity index (χ4n) is 1.89. The molecule has 18 heavy (non-hydrogen) atoms. The fourth-order valence-corrected chi connectivity index (χ4v) is 1.89. The van der Waals surface area contributed by atoms with E-state index in [2.05, 4.69) is 5.32 Å². The molecule has 4 unspecified atom stereocenters. The molecule has 1 fully saturated rings. The minimum Gasteiger partial charge on any atom is -0.480 e. The van der Waals surface area contributed by atoms with Gasteiger partial charge in [-0.1, -0.05) is 0 Å². The molecule has 0 amide bonds. The largest absolute Gasteiger partial charge is 0.480 e. The maximum atomic E-state index is 12.6. The van der Waals surface area contributed by atoms with Gasteiger partial charge in [-0.2, -0.15) is 13.2 Å². The predicted molar refractivity (Wildman–Crippen MR) is 56.7 cm³/mol. The Morgan fingerprint density at radius 1 is 1.56 bits per heavy atom. The molecule has 0 saturated carbocycles. The lowest BCUT2D eigenvalue weighted by Gasteiger charge is -2.36. The smallest absolute Gasteiger partial charge is 0.393 e. The van der Waals surface area contributed by atoms with Gasteiger partial charge < -0.3 is 15.6 Å². The van der Waals surface area contributed by atoms with Crippen molar-refractivity contribution in [2.45, 2.75) is 44.3 Å². The average molecular weight is 270 g/mol. The van der Waals surface area contributed by atoms with Crippen molar-refractivity contribution < 1.29 is 27.8 Å². The van der Waals surface area contributed by atoms with Crippen LogP contribution in [0.5, 0.6) is 0 Å². The van der Waals surface area contributed by atoms with Crippen molar-refractivity contribution in [3.05, 3.63) is 0 Å². The van der Waals surface area contributed by atoms with Crippen molar-refractivity contribution >= 4 is 5.97 Å². The van der Waals surface area contributed by atoms with Crippen LogP contribution in [0.1, 0.15) is 19.8 Å². The minimum atomic E-state index is -4.53. The number of halogens is 3. The molecule has 1 heterocycles. The third-order valence-electron chi connectivity index (χ3n) is 2.75. The number of nitrogens with one attached hydrogen (secondary N) is 1. The van der Waals surface area contributed by atoms with Gasteiger partial charge >= 0.3 is 12.1 Å². The number of carboxylic acid groups (broad SMARTS) is 1. The predicted octanol–water partition coefficient (Wildman–Crippen LogP) is 0.691. The van der Waals surface area contributed by atoms with Crippen LogP contribution in [0.15, 0.2) is 0 Å². The molecule has 0 aliphatic carbocycles. The van der Waals surface area contributed by atoms with E-state index in [0.717, 1.165) is 0 Å². The maximum absolute atomic E-state index is 12.6. The second-order valence-corrected chi connectivity index (χ2v) is 4.51. The molecule has 0 aromatic rings. The van der Waals surface area contributed by atoms with Crippen LogP contribution >= 0.6 is 0 Å². The van der Waals surface area contributed by atoms with Gasteiger partial charge in [0.1, 0.15) is 12.3 Å². The SMILES string of the molecule is CC(N)COC1CCC(C(F)(F)F)C(C(=O)O)N1. The Kier molecular flexibility index (Phi) is 4.94. The number of alkyl halides is 3. The van der Waals surface area contributed by atoms with Crippen LogP contribution in [0.2, 0.25) is 0 Å². The zero-order valence-electron chi connectivity index (χ0n) is 9.91. The lowest BCUT2D eigenvalue weighted by Crippen LogP contribution is -2.57. The normalized spacial score (nSPS) is 31.1. The zero-order chi connectivity index (χ0) is 13.9. The summed E-state index contributed by atoms with van der Waals surface area (Å²) < 4.78 is 43.1. The van der Waals surface area contributed by atoms with Gasteiger partial charge in [0.05, 0.1) is 12.5 Å². The van der Waals surface area contributed by atoms with Gasteiger partial charge in [0.25, 0.3) is 0 Å². The van der Waals surface area contributed by atoms with Crippen molar-refractivity contribution in [3.8, 4) is 0 Å². The van der Waals surface area contributed by atoms with E-state index >= 15 is 0 Å². The Morgan fingerprint density at radius 3 is 2.61 bits per heavy atom. The summed E-state index contributed by atoms with van der Waals surface area (Å²) >= 11 is 0. The van der Waals surface area contributed by atoms with Gasteiger partial charge in [0.2, 0.25) is 0 Å². The Labute approximate surface area is 102 Å². The Hall–Kier alpha value is -0.860. The summed E-state index contributed by atoms with van der Waals surface area (Å²) in [5.41, 5.74) is 5.45. The van der Waals surface area contributed by atoms with Crippen LogP contribution in [-0.2, 0) is 9.53 Å². The van der Waals surface area contributed by atoms with Crippen molar-refractivity contribution in [1.29, 1.82) is 0 Å². The van der Waals surface area contributed by atoms with E-state index in [1.54, 1.807) is 6.92 Å². The van der Waals surface area contributed by atoms with E-state index in [4.69, 9.17) is 15.6 Å². The number of hydrogen-bond acceptors (Lipinski definition) is 4. The maximum Gasteiger partial charge on any atom is 0.393 e. The van der Waals surface area contributed by atoms with E-state index in [9.17, 15) is 18.0 Å². The number of hydrogen-bond donors (Lipinski definition) is 3. The van der Waals surface area contributed by atoms with Gasteiger partial charge in [-0.05, 0) is 19.8 Å². The van der Waals surface area contributed by atoms with Crippen LogP contribution < -0.4 is 11.1 Å². The molecule has 0 bridgehead atoms. The monoisotopic (exact) mass is 270 g/mol. The standard InChI is InChI=1S/C10H17F3N2O3/c1-5(14)4-18-7-3-2-6(10(11,12)13)8(15-7)9(16)17/h5-8,15H,2-4,14H2,1H3,(H,16,17). The summed E-state index contributed by atoms with van der Waals surface area (Å²) in [6.07, 6.45) is -5.38. The van der Waals surface area contributed by atoms with Crippen LogP contribution in [-0.4, -0.2) is 42.2 Å². The molecule has 1 aliphatic rings. The third-order valence-corrected chi connectivity index (χ3v) is 2.75. The third kappa shape index (κ3) is 4.11. The van der Waals surface area contributed by atoms with Crippen LogP contribution in [0, 0.1) is 5.92 Å². The highest BCUT2D eigenvalue weighted by molar-refractivity contribution is 5.74. The minimum absolute atomic E-state index is 0.112. The molecular weight excluding hydrogens is 253 g/mol. The molecule has 1 saturated heterocycles. The van der Waals surface area contributed by atoms with Crippen molar-refractivity contribution in [3.63, 3.8) is 0 Å². The fraction of sp³-hybridized carbons (Fsp3) is 0.900. The lowest BCUT2D eigenvalue weighted by atomic mass is 9.89. The molecule has 4 N–H and O–H groups in total. The first kappa shape index (κ1) is 15.2. The van der Waals surface area contributed by atoms with E-state index in [1.807, 2.05) is 0 Å². The zero-order valence-corrected chi connectivity index (χ0v) is 9.91. The number of piperidine rings is 1. The van der Waals surface area contributed by atoms with Gasteiger partial charge in [-0.3, -0.25) is 10.1 Å². The molecule has 106 valence electrons. The van der Waals surface area contributed by atoms with Crippen molar-refractivity contribution in [2.75, 3.05) is 6.61 Å². The molecule has 8 heteroatoms. The molecular formula is C10H17F3N2O3.